The summed E-state index contributed by atoms with van der Waals surface area (Å²) in [4.78, 5) is 33.9. The molecule has 0 unspecified atom stereocenters. The van der Waals surface area contributed by atoms with Crippen molar-refractivity contribution >= 4 is 17.8 Å². The molecule has 0 aromatic heterocycles. The van der Waals surface area contributed by atoms with Crippen molar-refractivity contribution < 1.29 is 29.7 Å². The van der Waals surface area contributed by atoms with Crippen LogP contribution in [-0.2, 0) is 20.8 Å². The molecule has 140 valence electrons. The third-order valence-corrected chi connectivity index (χ3v) is 3.53. The molecule has 0 saturated heterocycles. The molecule has 26 heavy (non-hydrogen) atoms. The third-order valence-electron chi connectivity index (χ3n) is 3.53. The maximum atomic E-state index is 11.9. The van der Waals surface area contributed by atoms with Crippen LogP contribution in [0.5, 0.6) is 5.75 Å². The number of rotatable bonds is 9. The van der Waals surface area contributed by atoms with Crippen molar-refractivity contribution in [1.82, 2.24) is 5.32 Å². The number of amides is 1. The standard InChI is InChI=1S/C19H23NO6/c1-12(9-13(2)10-18(23)24)3-8-17(22)20-16(19(25)26)11-14-4-6-15(21)7-5-14/h3-9,13,16,21H,10-11H2,1-2H3,(H,20,22)(H,23,24)(H,25,26)/b8-3+,12-9+/t13-,16-/m0/s1. The topological polar surface area (TPSA) is 124 Å². The van der Waals surface area contributed by atoms with Crippen LogP contribution in [0.3, 0.4) is 0 Å². The number of carbonyl (C=O) groups is 3. The first kappa shape index (κ1) is 21.0. The lowest BCUT2D eigenvalue weighted by Crippen LogP contribution is -2.41. The van der Waals surface area contributed by atoms with E-state index in [2.05, 4.69) is 5.32 Å². The first-order valence-corrected chi connectivity index (χ1v) is 8.07. The summed E-state index contributed by atoms with van der Waals surface area (Å²) in [7, 11) is 0. The summed E-state index contributed by atoms with van der Waals surface area (Å²) < 4.78 is 0. The lowest BCUT2D eigenvalue weighted by atomic mass is 10.0. The molecule has 1 aromatic rings. The molecule has 1 rings (SSSR count). The van der Waals surface area contributed by atoms with Gasteiger partial charge in [-0.3, -0.25) is 9.59 Å². The maximum Gasteiger partial charge on any atom is 0.326 e. The molecule has 7 heteroatoms. The van der Waals surface area contributed by atoms with E-state index in [-0.39, 0.29) is 24.5 Å². The highest BCUT2D eigenvalue weighted by molar-refractivity contribution is 5.91. The Morgan fingerprint density at radius 1 is 1.12 bits per heavy atom. The van der Waals surface area contributed by atoms with Crippen LogP contribution in [0.4, 0.5) is 0 Å². The van der Waals surface area contributed by atoms with Gasteiger partial charge in [-0.1, -0.05) is 36.8 Å². The molecule has 0 bridgehead atoms. The smallest absolute Gasteiger partial charge is 0.326 e. The van der Waals surface area contributed by atoms with Crippen LogP contribution in [-0.4, -0.2) is 39.2 Å². The van der Waals surface area contributed by atoms with E-state index in [0.717, 1.165) is 0 Å². The van der Waals surface area contributed by atoms with Gasteiger partial charge in [0.2, 0.25) is 5.91 Å². The molecule has 0 saturated carbocycles. The molecule has 0 aliphatic heterocycles. The third kappa shape index (κ3) is 8.14. The zero-order valence-corrected chi connectivity index (χ0v) is 14.7. The quantitative estimate of drug-likeness (QED) is 0.394. The Morgan fingerprint density at radius 2 is 1.73 bits per heavy atom. The summed E-state index contributed by atoms with van der Waals surface area (Å²) in [6.45, 7) is 3.48. The number of hydrogen-bond acceptors (Lipinski definition) is 4. The largest absolute Gasteiger partial charge is 0.508 e. The van der Waals surface area contributed by atoms with Crippen LogP contribution < -0.4 is 5.32 Å². The Balaban J connectivity index is 2.66. The zero-order chi connectivity index (χ0) is 19.7. The lowest BCUT2D eigenvalue weighted by molar-refractivity contribution is -0.141. The fourth-order valence-corrected chi connectivity index (χ4v) is 2.33. The Hall–Kier alpha value is -3.09. The second-order valence-electron chi connectivity index (χ2n) is 6.09. The van der Waals surface area contributed by atoms with Gasteiger partial charge in [-0.15, -0.1) is 0 Å². The Kier molecular flexibility index (Phi) is 8.08. The van der Waals surface area contributed by atoms with Crippen LogP contribution in [0, 0.1) is 5.92 Å². The summed E-state index contributed by atoms with van der Waals surface area (Å²) >= 11 is 0. The van der Waals surface area contributed by atoms with Crippen LogP contribution >= 0.6 is 0 Å². The number of carboxylic acids is 2. The highest BCUT2D eigenvalue weighted by Crippen LogP contribution is 2.12. The summed E-state index contributed by atoms with van der Waals surface area (Å²) in [5.74, 6) is -2.73. The number of hydrogen-bond donors (Lipinski definition) is 4. The minimum absolute atomic E-state index is 0.00883. The number of benzene rings is 1. The lowest BCUT2D eigenvalue weighted by Gasteiger charge is -2.13. The molecule has 1 aromatic carbocycles. The average Bonchev–Trinajstić information content (AvgIpc) is 2.53. The van der Waals surface area contributed by atoms with E-state index in [9.17, 15) is 24.6 Å². The second-order valence-corrected chi connectivity index (χ2v) is 6.09. The molecular weight excluding hydrogens is 338 g/mol. The summed E-state index contributed by atoms with van der Waals surface area (Å²) in [5, 5.41) is 29.6. The molecule has 2 atom stereocenters. The molecule has 4 N–H and O–H groups in total. The SMILES string of the molecule is CC(/C=C/C(=O)N[C@@H](Cc1ccc(O)cc1)C(=O)O)=C\[C@H](C)CC(=O)O. The number of allylic oxidation sites excluding steroid dienone is 3. The fraction of sp³-hybridized carbons (Fsp3) is 0.316. The predicted octanol–water partition coefficient (Wildman–Crippen LogP) is 2.12. The molecule has 0 heterocycles. The molecule has 0 fully saturated rings. The van der Waals surface area contributed by atoms with Gasteiger partial charge in [0.1, 0.15) is 11.8 Å². The van der Waals surface area contributed by atoms with E-state index in [4.69, 9.17) is 5.11 Å². The number of aliphatic carboxylic acids is 2. The van der Waals surface area contributed by atoms with Crippen molar-refractivity contribution in [3.63, 3.8) is 0 Å². The van der Waals surface area contributed by atoms with Crippen molar-refractivity contribution in [3.8, 4) is 5.75 Å². The molecule has 0 aliphatic rings. The molecule has 0 radical (unpaired) electrons. The fourth-order valence-electron chi connectivity index (χ4n) is 2.33. The second kappa shape index (κ2) is 10.0. The summed E-state index contributed by atoms with van der Waals surface area (Å²) in [6, 6.07) is 4.96. The predicted molar refractivity (Wildman–Crippen MR) is 95.7 cm³/mol. The number of aromatic hydroxyl groups is 1. The van der Waals surface area contributed by atoms with Crippen LogP contribution in [0.15, 0.2) is 48.1 Å². The van der Waals surface area contributed by atoms with E-state index < -0.39 is 23.9 Å². The van der Waals surface area contributed by atoms with E-state index in [1.807, 2.05) is 0 Å². The molecule has 0 aliphatic carbocycles. The Morgan fingerprint density at radius 3 is 2.27 bits per heavy atom. The first-order valence-electron chi connectivity index (χ1n) is 8.07. The van der Waals surface area contributed by atoms with Crippen LogP contribution in [0.25, 0.3) is 0 Å². The van der Waals surface area contributed by atoms with Crippen molar-refractivity contribution in [2.75, 3.05) is 0 Å². The van der Waals surface area contributed by atoms with Gasteiger partial charge in [0.05, 0.1) is 6.42 Å². The van der Waals surface area contributed by atoms with Crippen LogP contribution in [0.1, 0.15) is 25.8 Å². The minimum atomic E-state index is -1.16. The van der Waals surface area contributed by atoms with Gasteiger partial charge in [0, 0.05) is 12.5 Å². The summed E-state index contributed by atoms with van der Waals surface area (Å²) in [6.07, 6.45) is 4.52. The number of nitrogens with one attached hydrogen (secondary N) is 1. The van der Waals surface area contributed by atoms with Crippen LogP contribution in [0.2, 0.25) is 0 Å². The van der Waals surface area contributed by atoms with Gasteiger partial charge in [-0.25, -0.2) is 4.79 Å². The molecular formula is C19H23NO6. The Bertz CT molecular complexity index is 705. The van der Waals surface area contributed by atoms with Gasteiger partial charge in [-0.2, -0.15) is 0 Å². The van der Waals surface area contributed by atoms with E-state index in [1.165, 1.54) is 24.3 Å². The van der Waals surface area contributed by atoms with Crippen molar-refractivity contribution in [1.29, 1.82) is 0 Å². The molecule has 7 nitrogen and oxygen atoms in total. The number of phenolic OH excluding ortho intramolecular Hbond substituents is 1. The van der Waals surface area contributed by atoms with E-state index >= 15 is 0 Å². The van der Waals surface area contributed by atoms with Crippen molar-refractivity contribution in [3.05, 3.63) is 53.6 Å². The zero-order valence-electron chi connectivity index (χ0n) is 14.7. The van der Waals surface area contributed by atoms with Gasteiger partial charge in [0.25, 0.3) is 0 Å². The van der Waals surface area contributed by atoms with Gasteiger partial charge in [-0.05, 0) is 30.5 Å². The van der Waals surface area contributed by atoms with Crippen molar-refractivity contribution in [2.24, 2.45) is 5.92 Å². The molecule has 0 spiro atoms. The van der Waals surface area contributed by atoms with E-state index in [0.29, 0.717) is 11.1 Å². The van der Waals surface area contributed by atoms with E-state index in [1.54, 1.807) is 32.1 Å². The number of phenols is 1. The minimum Gasteiger partial charge on any atom is -0.508 e. The summed E-state index contributed by atoms with van der Waals surface area (Å²) in [5.41, 5.74) is 1.37. The van der Waals surface area contributed by atoms with Gasteiger partial charge < -0.3 is 20.6 Å². The molecule has 1 amide bonds. The van der Waals surface area contributed by atoms with Gasteiger partial charge in [0.15, 0.2) is 0 Å². The van der Waals surface area contributed by atoms with Crippen molar-refractivity contribution in [2.45, 2.75) is 32.7 Å². The number of carboxylic acid groups (broad SMARTS) is 2. The average molecular weight is 361 g/mol. The highest BCUT2D eigenvalue weighted by atomic mass is 16.4. The Labute approximate surface area is 151 Å². The normalized spacial score (nSPS) is 14.0. The van der Waals surface area contributed by atoms with Gasteiger partial charge >= 0.3 is 11.9 Å². The monoisotopic (exact) mass is 361 g/mol. The maximum absolute atomic E-state index is 11.9. The highest BCUT2D eigenvalue weighted by Gasteiger charge is 2.19. The number of carbonyl (C=O) groups excluding carboxylic acids is 1. The first-order chi connectivity index (χ1) is 12.2.